The summed E-state index contributed by atoms with van der Waals surface area (Å²) in [6.45, 7) is 1.48. The van der Waals surface area contributed by atoms with E-state index in [2.05, 4.69) is 10.0 Å². The first-order valence-corrected chi connectivity index (χ1v) is 11.1. The molecule has 3 aromatic rings. The van der Waals surface area contributed by atoms with Crippen LogP contribution in [0.2, 0.25) is 10.0 Å². The zero-order valence-electron chi connectivity index (χ0n) is 16.2. The number of carbonyl (C=O) groups excluding carboxylic acids is 1. The van der Waals surface area contributed by atoms with Gasteiger partial charge in [0.1, 0.15) is 11.6 Å². The third-order valence-corrected chi connectivity index (χ3v) is 6.05. The first-order chi connectivity index (χ1) is 14.6. The molecule has 10 heteroatoms. The van der Waals surface area contributed by atoms with Crippen LogP contribution in [0.15, 0.2) is 65.6 Å². The van der Waals surface area contributed by atoms with Crippen molar-refractivity contribution in [3.63, 3.8) is 0 Å². The number of hydrogen-bond acceptors (Lipinski definition) is 4. The molecule has 0 fully saturated rings. The van der Waals surface area contributed by atoms with E-state index in [0.717, 1.165) is 17.7 Å². The van der Waals surface area contributed by atoms with Crippen LogP contribution in [0.5, 0.6) is 5.75 Å². The predicted molar refractivity (Wildman–Crippen MR) is 119 cm³/mol. The van der Waals surface area contributed by atoms with Gasteiger partial charge in [-0.2, -0.15) is 0 Å². The summed E-state index contributed by atoms with van der Waals surface area (Å²) in [5, 5.41) is 3.17. The van der Waals surface area contributed by atoms with Crippen molar-refractivity contribution in [3.8, 4) is 5.75 Å². The van der Waals surface area contributed by atoms with E-state index in [1.807, 2.05) is 6.92 Å². The Morgan fingerprint density at radius 2 is 1.74 bits per heavy atom. The second kappa shape index (κ2) is 9.55. The van der Waals surface area contributed by atoms with Gasteiger partial charge < -0.3 is 10.1 Å². The molecule has 6 nitrogen and oxygen atoms in total. The zero-order chi connectivity index (χ0) is 22.6. The molecule has 3 rings (SSSR count). The zero-order valence-corrected chi connectivity index (χ0v) is 18.5. The van der Waals surface area contributed by atoms with Crippen LogP contribution in [0.3, 0.4) is 0 Å². The first-order valence-electron chi connectivity index (χ1n) is 8.91. The van der Waals surface area contributed by atoms with Gasteiger partial charge in [0.2, 0.25) is 0 Å². The molecule has 31 heavy (non-hydrogen) atoms. The number of hydrogen-bond donors (Lipinski definition) is 2. The monoisotopic (exact) mass is 482 g/mol. The van der Waals surface area contributed by atoms with Crippen molar-refractivity contribution >= 4 is 50.5 Å². The Morgan fingerprint density at radius 1 is 1.03 bits per heavy atom. The molecule has 0 aliphatic carbocycles. The molecule has 0 saturated carbocycles. The van der Waals surface area contributed by atoms with Crippen molar-refractivity contribution in [1.82, 2.24) is 0 Å². The van der Waals surface area contributed by atoms with E-state index in [9.17, 15) is 17.6 Å². The minimum atomic E-state index is -3.95. The van der Waals surface area contributed by atoms with Gasteiger partial charge in [-0.15, -0.1) is 0 Å². The second-order valence-corrected chi connectivity index (χ2v) is 9.03. The van der Waals surface area contributed by atoms with E-state index in [4.69, 9.17) is 27.9 Å². The third kappa shape index (κ3) is 6.10. The molecule has 1 amide bonds. The highest BCUT2D eigenvalue weighted by Crippen LogP contribution is 2.28. The van der Waals surface area contributed by atoms with Crippen LogP contribution in [0.25, 0.3) is 0 Å². The number of aryl methyl sites for hydroxylation is 1. The maximum atomic E-state index is 13.0. The maximum absolute atomic E-state index is 13.0. The molecule has 0 unspecified atom stereocenters. The van der Waals surface area contributed by atoms with Crippen molar-refractivity contribution in [2.45, 2.75) is 11.8 Å². The molecule has 0 aromatic heterocycles. The predicted octanol–water partition coefficient (Wildman–Crippen LogP) is 5.26. The second-order valence-electron chi connectivity index (χ2n) is 6.50. The average Bonchev–Trinajstić information content (AvgIpc) is 2.71. The Morgan fingerprint density at radius 3 is 2.42 bits per heavy atom. The molecular formula is C21H17Cl2FN2O4S. The molecule has 0 atom stereocenters. The van der Waals surface area contributed by atoms with Crippen molar-refractivity contribution in [1.29, 1.82) is 0 Å². The Balaban J connectivity index is 1.65. The molecule has 0 aliphatic rings. The fourth-order valence-electron chi connectivity index (χ4n) is 2.56. The van der Waals surface area contributed by atoms with Gasteiger partial charge in [0.25, 0.3) is 15.9 Å². The standard InChI is InChI=1S/C21H17Cl2FN2O4S/c1-13-2-3-14(22)10-19(13)25-21(27)12-30-20-9-8-17(11-18(20)23)31(28,29)26-16-6-4-15(24)5-7-16/h2-11,26H,12H2,1H3,(H,25,27). The third-order valence-electron chi connectivity index (χ3n) is 4.14. The van der Waals surface area contributed by atoms with E-state index < -0.39 is 21.7 Å². The van der Waals surface area contributed by atoms with Crippen LogP contribution in [-0.2, 0) is 14.8 Å². The lowest BCUT2D eigenvalue weighted by Crippen LogP contribution is -2.20. The molecule has 0 saturated heterocycles. The van der Waals surface area contributed by atoms with Crippen LogP contribution >= 0.6 is 23.2 Å². The molecule has 162 valence electrons. The van der Waals surface area contributed by atoms with Crippen LogP contribution < -0.4 is 14.8 Å². The van der Waals surface area contributed by atoms with Crippen molar-refractivity contribution < 1.29 is 22.3 Å². The van der Waals surface area contributed by atoms with Crippen molar-refractivity contribution in [2.24, 2.45) is 0 Å². The Kier molecular flexibility index (Phi) is 7.04. The van der Waals surface area contributed by atoms with Crippen LogP contribution in [0.1, 0.15) is 5.56 Å². The summed E-state index contributed by atoms with van der Waals surface area (Å²) < 4.78 is 45.7. The first kappa shape index (κ1) is 22.9. The number of halogens is 3. The van der Waals surface area contributed by atoms with Gasteiger partial charge in [-0.05, 0) is 67.1 Å². The van der Waals surface area contributed by atoms with E-state index in [1.165, 1.54) is 30.3 Å². The largest absolute Gasteiger partial charge is 0.482 e. The van der Waals surface area contributed by atoms with Crippen LogP contribution in [0.4, 0.5) is 15.8 Å². The molecule has 2 N–H and O–H groups in total. The summed E-state index contributed by atoms with van der Waals surface area (Å²) in [4.78, 5) is 12.0. The minimum Gasteiger partial charge on any atom is -0.482 e. The number of nitrogens with one attached hydrogen (secondary N) is 2. The van der Waals surface area contributed by atoms with Crippen LogP contribution in [0, 0.1) is 12.7 Å². The highest BCUT2D eigenvalue weighted by atomic mass is 35.5. The van der Waals surface area contributed by atoms with Gasteiger partial charge >= 0.3 is 0 Å². The number of anilines is 2. The van der Waals surface area contributed by atoms with Gasteiger partial charge in [0, 0.05) is 16.4 Å². The molecule has 0 aliphatic heterocycles. The molecule has 0 bridgehead atoms. The molecule has 3 aromatic carbocycles. The average molecular weight is 483 g/mol. The summed E-state index contributed by atoms with van der Waals surface area (Å²) in [6, 6.07) is 13.8. The summed E-state index contributed by atoms with van der Waals surface area (Å²) in [5.41, 5.74) is 1.59. The Bertz CT molecular complexity index is 1220. The summed E-state index contributed by atoms with van der Waals surface area (Å²) in [7, 11) is -3.95. The quantitative estimate of drug-likeness (QED) is 0.480. The van der Waals surface area contributed by atoms with E-state index in [0.29, 0.717) is 10.7 Å². The fraction of sp³-hybridized carbons (Fsp3) is 0.0952. The van der Waals surface area contributed by atoms with Crippen molar-refractivity contribution in [3.05, 3.63) is 82.1 Å². The SMILES string of the molecule is Cc1ccc(Cl)cc1NC(=O)COc1ccc(S(=O)(=O)Nc2ccc(F)cc2)cc1Cl. The number of amides is 1. The van der Waals surface area contributed by atoms with Crippen molar-refractivity contribution in [2.75, 3.05) is 16.6 Å². The lowest BCUT2D eigenvalue weighted by Gasteiger charge is -2.12. The van der Waals surface area contributed by atoms with Gasteiger partial charge in [-0.1, -0.05) is 29.3 Å². The fourth-order valence-corrected chi connectivity index (χ4v) is 4.11. The number of rotatable bonds is 7. The number of carbonyl (C=O) groups is 1. The smallest absolute Gasteiger partial charge is 0.262 e. The molecule has 0 radical (unpaired) electrons. The topological polar surface area (TPSA) is 84.5 Å². The van der Waals surface area contributed by atoms with E-state index in [-0.39, 0.29) is 28.0 Å². The van der Waals surface area contributed by atoms with Gasteiger partial charge in [-0.25, -0.2) is 12.8 Å². The summed E-state index contributed by atoms with van der Waals surface area (Å²) >= 11 is 12.1. The van der Waals surface area contributed by atoms with Gasteiger partial charge in [-0.3, -0.25) is 9.52 Å². The van der Waals surface area contributed by atoms with Crippen LogP contribution in [-0.4, -0.2) is 20.9 Å². The summed E-state index contributed by atoms with van der Waals surface area (Å²) in [6.07, 6.45) is 0. The summed E-state index contributed by atoms with van der Waals surface area (Å²) in [5.74, 6) is -0.779. The number of ether oxygens (including phenoxy) is 1. The normalized spacial score (nSPS) is 11.1. The van der Waals surface area contributed by atoms with Gasteiger partial charge in [0.05, 0.1) is 9.92 Å². The number of sulfonamides is 1. The lowest BCUT2D eigenvalue weighted by molar-refractivity contribution is -0.118. The minimum absolute atomic E-state index is 0.00807. The maximum Gasteiger partial charge on any atom is 0.262 e. The highest BCUT2D eigenvalue weighted by Gasteiger charge is 2.17. The highest BCUT2D eigenvalue weighted by molar-refractivity contribution is 7.92. The van der Waals surface area contributed by atoms with E-state index in [1.54, 1.807) is 18.2 Å². The molecule has 0 spiro atoms. The lowest BCUT2D eigenvalue weighted by atomic mass is 10.2. The molecule has 0 heterocycles. The Hall–Kier alpha value is -2.81. The van der Waals surface area contributed by atoms with E-state index >= 15 is 0 Å². The van der Waals surface area contributed by atoms with Gasteiger partial charge in [0.15, 0.2) is 6.61 Å². The number of benzene rings is 3. The molecular weight excluding hydrogens is 466 g/mol. The Labute approximate surface area is 189 Å².